The number of carbonyl (C=O) groups is 2. The van der Waals surface area contributed by atoms with E-state index in [4.69, 9.17) is 0 Å². The van der Waals surface area contributed by atoms with Crippen molar-refractivity contribution in [1.29, 1.82) is 0 Å². The number of carbonyl (C=O) groups excluding carboxylic acids is 2. The monoisotopic (exact) mass is 510 g/mol. The maximum Gasteiger partial charge on any atom is 0.245 e. The van der Waals surface area contributed by atoms with Crippen molar-refractivity contribution < 1.29 is 14.0 Å². The second-order valence-corrected chi connectivity index (χ2v) is 9.69. The molecule has 7 heteroatoms. The van der Waals surface area contributed by atoms with Gasteiger partial charge in [-0.15, -0.1) is 0 Å². The number of amides is 2. The number of nitrogens with zero attached hydrogens (tertiary/aromatic N) is 3. The molecular formula is C31H31FN4O2. The Morgan fingerprint density at radius 2 is 1.68 bits per heavy atom. The minimum Gasteiger partial charge on any atom is -0.333 e. The highest BCUT2D eigenvalue weighted by atomic mass is 19.1. The van der Waals surface area contributed by atoms with E-state index in [0.29, 0.717) is 23.7 Å². The van der Waals surface area contributed by atoms with Gasteiger partial charge in [0.05, 0.1) is 17.9 Å². The lowest BCUT2D eigenvalue weighted by atomic mass is 10.1. The van der Waals surface area contributed by atoms with Crippen LogP contribution in [0.25, 0.3) is 16.9 Å². The number of anilines is 1. The number of halogens is 1. The molecule has 2 amide bonds. The van der Waals surface area contributed by atoms with E-state index >= 15 is 0 Å². The van der Waals surface area contributed by atoms with Crippen molar-refractivity contribution in [2.45, 2.75) is 32.1 Å². The van der Waals surface area contributed by atoms with Crippen LogP contribution < -0.4 is 5.32 Å². The normalized spacial score (nSPS) is 16.2. The van der Waals surface area contributed by atoms with Crippen molar-refractivity contribution in [3.8, 4) is 16.9 Å². The first-order valence-corrected chi connectivity index (χ1v) is 13.1. The molecule has 2 atom stereocenters. The zero-order valence-electron chi connectivity index (χ0n) is 21.4. The molecule has 1 aromatic heterocycles. The largest absolute Gasteiger partial charge is 0.333 e. The van der Waals surface area contributed by atoms with Crippen LogP contribution in [0.1, 0.15) is 37.7 Å². The van der Waals surface area contributed by atoms with Crippen LogP contribution in [0.4, 0.5) is 10.2 Å². The first-order chi connectivity index (χ1) is 18.5. The maximum absolute atomic E-state index is 13.6. The molecule has 0 unspecified atom stereocenters. The summed E-state index contributed by atoms with van der Waals surface area (Å²) in [4.78, 5) is 28.3. The Kier molecular flexibility index (Phi) is 7.63. The Bertz CT molecular complexity index is 1390. The van der Waals surface area contributed by atoms with Crippen LogP contribution in [0, 0.1) is 11.7 Å². The molecule has 1 aliphatic rings. The van der Waals surface area contributed by atoms with E-state index in [1.807, 2.05) is 48.5 Å². The molecule has 0 bridgehead atoms. The van der Waals surface area contributed by atoms with Gasteiger partial charge >= 0.3 is 0 Å². The number of unbranched alkanes of at least 4 members (excludes halogenated alkanes) is 1. The van der Waals surface area contributed by atoms with Gasteiger partial charge in [0.25, 0.3) is 0 Å². The summed E-state index contributed by atoms with van der Waals surface area (Å²) in [5.41, 5.74) is 3.35. The molecule has 194 valence electrons. The van der Waals surface area contributed by atoms with Gasteiger partial charge in [0.1, 0.15) is 11.6 Å². The van der Waals surface area contributed by atoms with Gasteiger partial charge in [-0.3, -0.25) is 9.59 Å². The van der Waals surface area contributed by atoms with Crippen molar-refractivity contribution in [2.24, 2.45) is 5.92 Å². The third-order valence-electron chi connectivity index (χ3n) is 6.88. The fourth-order valence-corrected chi connectivity index (χ4v) is 4.74. The highest BCUT2D eigenvalue weighted by molar-refractivity contribution is 5.95. The lowest BCUT2D eigenvalue weighted by molar-refractivity contribution is -0.136. The summed E-state index contributed by atoms with van der Waals surface area (Å²) in [5.74, 6) is -0.0416. The minimum absolute atomic E-state index is 0.0273. The smallest absolute Gasteiger partial charge is 0.245 e. The average Bonchev–Trinajstić information content (AvgIpc) is 3.65. The van der Waals surface area contributed by atoms with Gasteiger partial charge < -0.3 is 10.2 Å². The van der Waals surface area contributed by atoms with E-state index in [-0.39, 0.29) is 36.0 Å². The molecule has 38 heavy (non-hydrogen) atoms. The van der Waals surface area contributed by atoms with Crippen molar-refractivity contribution in [3.63, 3.8) is 0 Å². The molecular weight excluding hydrogens is 479 g/mol. The van der Waals surface area contributed by atoms with Crippen molar-refractivity contribution in [3.05, 3.63) is 102 Å². The van der Waals surface area contributed by atoms with Gasteiger partial charge in [-0.2, -0.15) is 5.10 Å². The van der Waals surface area contributed by atoms with Gasteiger partial charge in [0, 0.05) is 24.1 Å². The molecule has 6 nitrogen and oxygen atoms in total. The molecule has 4 aromatic rings. The van der Waals surface area contributed by atoms with Crippen LogP contribution in [-0.2, 0) is 9.59 Å². The van der Waals surface area contributed by atoms with Crippen molar-refractivity contribution in [1.82, 2.24) is 14.7 Å². The van der Waals surface area contributed by atoms with Gasteiger partial charge in [-0.1, -0.05) is 74.0 Å². The lowest BCUT2D eigenvalue weighted by Gasteiger charge is -2.22. The highest BCUT2D eigenvalue weighted by Gasteiger charge is 2.45. The summed E-state index contributed by atoms with van der Waals surface area (Å²) in [5, 5.41) is 7.63. The fourth-order valence-electron chi connectivity index (χ4n) is 4.74. The quantitative estimate of drug-likeness (QED) is 0.282. The fraction of sp³-hybridized carbons (Fsp3) is 0.258. The van der Waals surface area contributed by atoms with E-state index in [0.717, 1.165) is 24.8 Å². The van der Waals surface area contributed by atoms with Crippen LogP contribution in [0.5, 0.6) is 0 Å². The lowest BCUT2D eigenvalue weighted by Crippen LogP contribution is -2.40. The summed E-state index contributed by atoms with van der Waals surface area (Å²) in [7, 11) is 0. The number of hydrogen-bond acceptors (Lipinski definition) is 3. The van der Waals surface area contributed by atoms with E-state index in [2.05, 4.69) is 29.5 Å². The topological polar surface area (TPSA) is 67.2 Å². The molecule has 1 fully saturated rings. The summed E-state index contributed by atoms with van der Waals surface area (Å²) in [6.45, 7) is 2.57. The Labute approximate surface area is 222 Å². The number of nitrogens with one attached hydrogen (secondary N) is 1. The Balaban J connectivity index is 1.34. The van der Waals surface area contributed by atoms with Crippen LogP contribution in [0.2, 0.25) is 0 Å². The second kappa shape index (κ2) is 11.4. The molecule has 1 aliphatic carbocycles. The first-order valence-electron chi connectivity index (χ1n) is 13.1. The van der Waals surface area contributed by atoms with Crippen molar-refractivity contribution >= 4 is 17.6 Å². The molecule has 3 aromatic carbocycles. The van der Waals surface area contributed by atoms with Crippen molar-refractivity contribution in [2.75, 3.05) is 18.4 Å². The summed E-state index contributed by atoms with van der Waals surface area (Å²) < 4.78 is 15.2. The molecule has 0 aliphatic heterocycles. The number of aromatic nitrogens is 2. The van der Waals surface area contributed by atoms with Gasteiger partial charge in [-0.05, 0) is 48.6 Å². The summed E-state index contributed by atoms with van der Waals surface area (Å²) >= 11 is 0. The Morgan fingerprint density at radius 1 is 1.00 bits per heavy atom. The Hall–Kier alpha value is -4.26. The van der Waals surface area contributed by atoms with Gasteiger partial charge in [0.2, 0.25) is 11.8 Å². The molecule has 0 radical (unpaired) electrons. The summed E-state index contributed by atoms with van der Waals surface area (Å²) in [6, 6.07) is 27.4. The van der Waals surface area contributed by atoms with Crippen LogP contribution >= 0.6 is 0 Å². The molecule has 1 heterocycles. The second-order valence-electron chi connectivity index (χ2n) is 9.69. The first kappa shape index (κ1) is 25.4. The van der Waals surface area contributed by atoms with E-state index in [9.17, 15) is 14.0 Å². The van der Waals surface area contributed by atoms with Crippen LogP contribution in [0.15, 0.2) is 91.0 Å². The van der Waals surface area contributed by atoms with E-state index in [1.165, 1.54) is 17.7 Å². The van der Waals surface area contributed by atoms with E-state index in [1.54, 1.807) is 27.8 Å². The third-order valence-corrected chi connectivity index (χ3v) is 6.88. The average molecular weight is 511 g/mol. The van der Waals surface area contributed by atoms with E-state index < -0.39 is 0 Å². The Morgan fingerprint density at radius 3 is 2.37 bits per heavy atom. The third kappa shape index (κ3) is 5.83. The highest BCUT2D eigenvalue weighted by Crippen LogP contribution is 2.48. The molecule has 1 N–H and O–H groups in total. The predicted octanol–water partition coefficient (Wildman–Crippen LogP) is 6.05. The standard InChI is InChI=1S/C31H31FN4O2/c1-2-3-18-35(31(38)27-19-26(27)22-10-6-4-7-11-22)21-30(37)33-29-20-28(23-12-8-5-9-13-23)34-36(29)25-16-14-24(32)15-17-25/h4-17,20,26-27H,2-3,18-19,21H2,1H3,(H,33,37)/t26-,27-/m1/s1. The molecule has 0 spiro atoms. The minimum atomic E-state index is -0.353. The maximum atomic E-state index is 13.6. The number of benzene rings is 3. The molecule has 1 saturated carbocycles. The van der Waals surface area contributed by atoms with Gasteiger partial charge in [0.15, 0.2) is 0 Å². The SMILES string of the molecule is CCCCN(CC(=O)Nc1cc(-c2ccccc2)nn1-c1ccc(F)cc1)C(=O)[C@@H]1C[C@@H]1c1ccccc1. The van der Waals surface area contributed by atoms with Gasteiger partial charge in [-0.25, -0.2) is 9.07 Å². The summed E-state index contributed by atoms with van der Waals surface area (Å²) in [6.07, 6.45) is 2.56. The zero-order valence-corrected chi connectivity index (χ0v) is 21.4. The molecule has 0 saturated heterocycles. The van der Waals surface area contributed by atoms with Crippen LogP contribution in [-0.4, -0.2) is 39.6 Å². The predicted molar refractivity (Wildman–Crippen MR) is 146 cm³/mol. The number of hydrogen-bond donors (Lipinski definition) is 1. The zero-order chi connectivity index (χ0) is 26.5. The molecule has 5 rings (SSSR count). The number of rotatable bonds is 10. The van der Waals surface area contributed by atoms with Crippen LogP contribution in [0.3, 0.4) is 0 Å².